The van der Waals surface area contributed by atoms with Gasteiger partial charge >= 0.3 is 12.0 Å². The molecule has 0 aliphatic heterocycles. The van der Waals surface area contributed by atoms with E-state index < -0.39 is 18.0 Å². The number of urea groups is 1. The lowest BCUT2D eigenvalue weighted by molar-refractivity contribution is -0.141. The molecule has 0 spiro atoms. The Balaban J connectivity index is 2.18. The largest absolute Gasteiger partial charge is 0.469 e. The average molecular weight is 402 g/mol. The fraction of sp³-hybridized carbons (Fsp3) is 0.176. The summed E-state index contributed by atoms with van der Waals surface area (Å²) in [5, 5.41) is 6.49. The molecule has 0 aromatic heterocycles. The average Bonchev–Trinajstić information content (AvgIpc) is 2.58. The second-order valence-electron chi connectivity index (χ2n) is 5.08. The first kappa shape index (κ1) is 19.4. The van der Waals surface area contributed by atoms with Gasteiger partial charge in [0.15, 0.2) is 0 Å². The van der Waals surface area contributed by atoms with Gasteiger partial charge in [0, 0.05) is 10.0 Å². The predicted octanol–water partition coefficient (Wildman–Crippen LogP) is 5.07. The number of hydrogen-bond acceptors (Lipinski definition) is 3. The molecule has 0 radical (unpaired) electrons. The molecule has 2 N–H and O–H groups in total. The number of hydrogen-bond donors (Lipinski definition) is 2. The molecule has 0 aliphatic carbocycles. The van der Waals surface area contributed by atoms with Crippen LogP contribution in [0, 0.1) is 0 Å². The number of methoxy groups -OCH3 is 1. The molecule has 0 heterocycles. The zero-order valence-corrected chi connectivity index (χ0v) is 15.5. The van der Waals surface area contributed by atoms with Crippen LogP contribution in [0.3, 0.4) is 0 Å². The maximum atomic E-state index is 12.3. The van der Waals surface area contributed by atoms with Crippen molar-refractivity contribution in [3.05, 3.63) is 63.1 Å². The van der Waals surface area contributed by atoms with Crippen molar-refractivity contribution >= 4 is 52.5 Å². The number of nitrogens with one attached hydrogen (secondary N) is 2. The maximum Gasteiger partial charge on any atom is 0.319 e. The molecule has 132 valence electrons. The molecule has 2 aromatic carbocycles. The van der Waals surface area contributed by atoms with Crippen LogP contribution in [0.4, 0.5) is 10.5 Å². The molecular weight excluding hydrogens is 387 g/mol. The van der Waals surface area contributed by atoms with Crippen LogP contribution in [-0.2, 0) is 9.53 Å². The number of halogens is 3. The minimum atomic E-state index is -0.667. The molecule has 0 saturated heterocycles. The van der Waals surface area contributed by atoms with Crippen LogP contribution in [0.2, 0.25) is 15.1 Å². The molecule has 0 fully saturated rings. The number of esters is 1. The summed E-state index contributed by atoms with van der Waals surface area (Å²) >= 11 is 18.1. The molecule has 5 nitrogen and oxygen atoms in total. The van der Waals surface area contributed by atoms with Crippen molar-refractivity contribution < 1.29 is 14.3 Å². The first-order valence-corrected chi connectivity index (χ1v) is 8.38. The van der Waals surface area contributed by atoms with Crippen molar-refractivity contribution in [1.82, 2.24) is 5.32 Å². The summed E-state index contributed by atoms with van der Waals surface area (Å²) in [5.41, 5.74) is 0.949. The molecule has 2 amide bonds. The van der Waals surface area contributed by atoms with E-state index in [0.717, 1.165) is 0 Å². The third-order valence-electron chi connectivity index (χ3n) is 3.36. The van der Waals surface area contributed by atoms with Crippen molar-refractivity contribution in [2.45, 2.75) is 12.5 Å². The molecule has 0 bridgehead atoms. The Morgan fingerprint density at radius 2 is 1.80 bits per heavy atom. The Morgan fingerprint density at radius 1 is 1.08 bits per heavy atom. The second kappa shape index (κ2) is 8.94. The normalized spacial score (nSPS) is 11.5. The standard InChI is InChI=1S/C17H15Cl3N2O3/c1-25-16(23)9-14(11-4-2-3-5-12(11)19)21-17(24)22-15-8-10(18)6-7-13(15)20/h2-8,14H,9H2,1H3,(H2,21,22,24). The van der Waals surface area contributed by atoms with E-state index in [4.69, 9.17) is 34.8 Å². The van der Waals surface area contributed by atoms with E-state index in [1.54, 1.807) is 36.4 Å². The highest BCUT2D eigenvalue weighted by Crippen LogP contribution is 2.27. The Kier molecular flexibility index (Phi) is 6.93. The van der Waals surface area contributed by atoms with Crippen LogP contribution in [0.25, 0.3) is 0 Å². The Labute approximate surface area is 160 Å². The van der Waals surface area contributed by atoms with E-state index >= 15 is 0 Å². The highest BCUT2D eigenvalue weighted by molar-refractivity contribution is 6.35. The van der Waals surface area contributed by atoms with Crippen LogP contribution in [0.5, 0.6) is 0 Å². The first-order chi connectivity index (χ1) is 11.9. The smallest absolute Gasteiger partial charge is 0.319 e. The van der Waals surface area contributed by atoms with Gasteiger partial charge in [-0.15, -0.1) is 0 Å². The Bertz CT molecular complexity index is 783. The number of anilines is 1. The highest BCUT2D eigenvalue weighted by atomic mass is 35.5. The number of benzene rings is 2. The summed E-state index contributed by atoms with van der Waals surface area (Å²) in [6.45, 7) is 0. The summed E-state index contributed by atoms with van der Waals surface area (Å²) in [4.78, 5) is 24.0. The molecular formula is C17H15Cl3N2O3. The van der Waals surface area contributed by atoms with Crippen LogP contribution < -0.4 is 10.6 Å². The summed E-state index contributed by atoms with van der Waals surface area (Å²) in [5.74, 6) is -0.481. The van der Waals surface area contributed by atoms with E-state index in [0.29, 0.717) is 26.3 Å². The fourth-order valence-electron chi connectivity index (χ4n) is 2.16. The zero-order chi connectivity index (χ0) is 18.4. The first-order valence-electron chi connectivity index (χ1n) is 7.24. The van der Waals surface area contributed by atoms with E-state index in [1.165, 1.54) is 13.2 Å². The summed E-state index contributed by atoms with van der Waals surface area (Å²) in [6.07, 6.45) is -0.0725. The molecule has 1 unspecified atom stereocenters. The third-order valence-corrected chi connectivity index (χ3v) is 4.27. The molecule has 25 heavy (non-hydrogen) atoms. The summed E-state index contributed by atoms with van der Waals surface area (Å²) in [6, 6.07) is 10.4. The second-order valence-corrected chi connectivity index (χ2v) is 6.33. The minimum Gasteiger partial charge on any atom is -0.469 e. The SMILES string of the molecule is COC(=O)CC(NC(=O)Nc1cc(Cl)ccc1Cl)c1ccccc1Cl. The lowest BCUT2D eigenvalue weighted by Crippen LogP contribution is -2.34. The van der Waals surface area contributed by atoms with Gasteiger partial charge in [-0.2, -0.15) is 0 Å². The van der Waals surface area contributed by atoms with Crippen LogP contribution >= 0.6 is 34.8 Å². The Morgan fingerprint density at radius 3 is 2.48 bits per heavy atom. The van der Waals surface area contributed by atoms with Gasteiger partial charge in [0.1, 0.15) is 0 Å². The molecule has 0 saturated carbocycles. The van der Waals surface area contributed by atoms with Gasteiger partial charge in [-0.3, -0.25) is 4.79 Å². The minimum absolute atomic E-state index is 0.0725. The van der Waals surface area contributed by atoms with Gasteiger partial charge in [-0.25, -0.2) is 4.79 Å². The van der Waals surface area contributed by atoms with E-state index in [1.807, 2.05) is 0 Å². The van der Waals surface area contributed by atoms with Gasteiger partial charge in [0.25, 0.3) is 0 Å². The van der Waals surface area contributed by atoms with Crippen molar-refractivity contribution in [3.63, 3.8) is 0 Å². The number of carbonyl (C=O) groups is 2. The summed E-state index contributed by atoms with van der Waals surface area (Å²) < 4.78 is 4.68. The van der Waals surface area contributed by atoms with Crippen LogP contribution in [0.1, 0.15) is 18.0 Å². The highest BCUT2D eigenvalue weighted by Gasteiger charge is 2.21. The van der Waals surface area contributed by atoms with Crippen molar-refractivity contribution in [2.75, 3.05) is 12.4 Å². The lowest BCUT2D eigenvalue weighted by atomic mass is 10.0. The third kappa shape index (κ3) is 5.53. The van der Waals surface area contributed by atoms with Gasteiger partial charge in [-0.05, 0) is 29.8 Å². The molecule has 2 rings (SSSR count). The predicted molar refractivity (Wildman–Crippen MR) is 99.4 cm³/mol. The van der Waals surface area contributed by atoms with Gasteiger partial charge < -0.3 is 15.4 Å². The van der Waals surface area contributed by atoms with Crippen molar-refractivity contribution in [3.8, 4) is 0 Å². The molecule has 8 heteroatoms. The molecule has 1 atom stereocenters. The summed E-state index contributed by atoms with van der Waals surface area (Å²) in [7, 11) is 1.28. The van der Waals surface area contributed by atoms with E-state index in [-0.39, 0.29) is 6.42 Å². The quantitative estimate of drug-likeness (QED) is 0.687. The van der Waals surface area contributed by atoms with Crippen molar-refractivity contribution in [2.24, 2.45) is 0 Å². The van der Waals surface area contributed by atoms with E-state index in [2.05, 4.69) is 15.4 Å². The van der Waals surface area contributed by atoms with Crippen LogP contribution in [0.15, 0.2) is 42.5 Å². The number of amides is 2. The molecule has 2 aromatic rings. The van der Waals surface area contributed by atoms with Crippen molar-refractivity contribution in [1.29, 1.82) is 0 Å². The topological polar surface area (TPSA) is 67.4 Å². The number of rotatable bonds is 5. The number of ether oxygens (including phenoxy) is 1. The maximum absolute atomic E-state index is 12.3. The van der Waals surface area contributed by atoms with Gasteiger partial charge in [0.05, 0.1) is 30.3 Å². The molecule has 0 aliphatic rings. The van der Waals surface area contributed by atoms with Gasteiger partial charge in [0.2, 0.25) is 0 Å². The monoisotopic (exact) mass is 400 g/mol. The van der Waals surface area contributed by atoms with Crippen LogP contribution in [-0.4, -0.2) is 19.1 Å². The zero-order valence-electron chi connectivity index (χ0n) is 13.2. The number of carbonyl (C=O) groups excluding carboxylic acids is 2. The van der Waals surface area contributed by atoms with E-state index in [9.17, 15) is 9.59 Å². The van der Waals surface area contributed by atoms with Gasteiger partial charge in [-0.1, -0.05) is 53.0 Å². The fourth-order valence-corrected chi connectivity index (χ4v) is 2.76. The lowest BCUT2D eigenvalue weighted by Gasteiger charge is -2.20. The Hall–Kier alpha value is -1.95.